The standard InChI is InChI=1S/C30H22FN9/c31-25-23(21-11-19(14-34-16-21)13-33-12-18-5-2-1-3-6-18)17-36-28-24(25)27(39-40-28)30-37-26-22(8-10-35-29(26)38-30)20-7-4-9-32-15-20/h1-11,14-17,33H,12-13H2,(H,35,37,38)(H,36,39,40). The van der Waals surface area contributed by atoms with Crippen LogP contribution < -0.4 is 5.32 Å². The molecule has 0 saturated heterocycles. The van der Waals surface area contributed by atoms with Crippen LogP contribution in [0, 0.1) is 5.82 Å². The van der Waals surface area contributed by atoms with Crippen LogP contribution in [0.4, 0.5) is 4.39 Å². The smallest absolute Gasteiger partial charge is 0.161 e. The van der Waals surface area contributed by atoms with Crippen LogP contribution >= 0.6 is 0 Å². The van der Waals surface area contributed by atoms with Crippen molar-refractivity contribution < 1.29 is 4.39 Å². The van der Waals surface area contributed by atoms with E-state index in [0.29, 0.717) is 46.0 Å². The summed E-state index contributed by atoms with van der Waals surface area (Å²) in [5, 5.41) is 10.8. The molecule has 6 aromatic heterocycles. The van der Waals surface area contributed by atoms with E-state index in [1.807, 2.05) is 42.5 Å². The lowest BCUT2D eigenvalue weighted by Gasteiger charge is -2.08. The van der Waals surface area contributed by atoms with Crippen molar-refractivity contribution in [1.82, 2.24) is 45.4 Å². The van der Waals surface area contributed by atoms with Crippen molar-refractivity contribution in [2.75, 3.05) is 0 Å². The number of imidazole rings is 1. The van der Waals surface area contributed by atoms with Crippen LogP contribution in [0.1, 0.15) is 11.1 Å². The summed E-state index contributed by atoms with van der Waals surface area (Å²) in [5.41, 5.74) is 6.71. The first kappa shape index (κ1) is 23.7. The molecule has 194 valence electrons. The van der Waals surface area contributed by atoms with E-state index >= 15 is 4.39 Å². The molecule has 3 N–H and O–H groups in total. The van der Waals surface area contributed by atoms with E-state index in [2.05, 4.69) is 52.6 Å². The molecule has 10 heteroatoms. The van der Waals surface area contributed by atoms with Crippen LogP contribution in [0.3, 0.4) is 0 Å². The number of halogens is 1. The fourth-order valence-electron chi connectivity index (χ4n) is 4.78. The van der Waals surface area contributed by atoms with Gasteiger partial charge in [-0.1, -0.05) is 36.4 Å². The van der Waals surface area contributed by atoms with Gasteiger partial charge in [0.15, 0.2) is 17.1 Å². The van der Waals surface area contributed by atoms with Crippen molar-refractivity contribution in [2.45, 2.75) is 13.1 Å². The summed E-state index contributed by atoms with van der Waals surface area (Å²) < 4.78 is 16.1. The maximum absolute atomic E-state index is 16.1. The van der Waals surface area contributed by atoms with E-state index in [-0.39, 0.29) is 5.39 Å². The molecule has 0 aliphatic rings. The Balaban J connectivity index is 1.23. The maximum Gasteiger partial charge on any atom is 0.161 e. The number of aromatic amines is 2. The normalized spacial score (nSPS) is 11.4. The molecule has 0 amide bonds. The average Bonchev–Trinajstić information content (AvgIpc) is 3.63. The Kier molecular flexibility index (Phi) is 5.98. The Bertz CT molecular complexity index is 1950. The van der Waals surface area contributed by atoms with Crippen molar-refractivity contribution in [2.24, 2.45) is 0 Å². The molecule has 9 nitrogen and oxygen atoms in total. The summed E-state index contributed by atoms with van der Waals surface area (Å²) in [6.45, 7) is 1.31. The Morgan fingerprint density at radius 2 is 1.62 bits per heavy atom. The zero-order chi connectivity index (χ0) is 26.9. The highest BCUT2D eigenvalue weighted by atomic mass is 19.1. The van der Waals surface area contributed by atoms with E-state index in [1.54, 1.807) is 31.0 Å². The molecule has 7 rings (SSSR count). The molecular weight excluding hydrogens is 505 g/mol. The predicted octanol–water partition coefficient (Wildman–Crippen LogP) is 5.45. The number of rotatable bonds is 7. The first-order valence-electron chi connectivity index (χ1n) is 12.7. The average molecular weight is 528 g/mol. The lowest BCUT2D eigenvalue weighted by molar-refractivity contribution is 0.642. The summed E-state index contributed by atoms with van der Waals surface area (Å²) >= 11 is 0. The molecule has 6 heterocycles. The van der Waals surface area contributed by atoms with Crippen molar-refractivity contribution in [3.05, 3.63) is 109 Å². The highest BCUT2D eigenvalue weighted by Crippen LogP contribution is 2.34. The van der Waals surface area contributed by atoms with Gasteiger partial charge in [-0.05, 0) is 29.3 Å². The van der Waals surface area contributed by atoms with E-state index in [0.717, 1.165) is 23.2 Å². The second kappa shape index (κ2) is 10.1. The van der Waals surface area contributed by atoms with Gasteiger partial charge < -0.3 is 10.3 Å². The van der Waals surface area contributed by atoms with E-state index in [9.17, 15) is 0 Å². The summed E-state index contributed by atoms with van der Waals surface area (Å²) in [7, 11) is 0. The number of nitrogens with one attached hydrogen (secondary N) is 3. The molecule has 0 fully saturated rings. The fraction of sp³-hybridized carbons (Fsp3) is 0.0667. The van der Waals surface area contributed by atoms with Gasteiger partial charge in [0.1, 0.15) is 17.0 Å². The monoisotopic (exact) mass is 527 g/mol. The Labute approximate surface area is 227 Å². The number of hydrogen-bond acceptors (Lipinski definition) is 7. The highest BCUT2D eigenvalue weighted by molar-refractivity contribution is 5.96. The third-order valence-electron chi connectivity index (χ3n) is 6.71. The lowest BCUT2D eigenvalue weighted by Crippen LogP contribution is -2.12. The zero-order valence-corrected chi connectivity index (χ0v) is 21.1. The number of benzene rings is 1. The minimum Gasteiger partial charge on any atom is -0.321 e. The number of aromatic nitrogens is 8. The van der Waals surface area contributed by atoms with Crippen LogP contribution in [0.5, 0.6) is 0 Å². The number of fused-ring (bicyclic) bond motifs is 2. The molecule has 0 saturated carbocycles. The van der Waals surface area contributed by atoms with Gasteiger partial charge in [-0.15, -0.1) is 0 Å². The quantitative estimate of drug-likeness (QED) is 0.252. The topological polar surface area (TPSA) is 121 Å². The Morgan fingerprint density at radius 1 is 0.750 bits per heavy atom. The molecule has 0 radical (unpaired) electrons. The molecule has 1 aromatic carbocycles. The van der Waals surface area contributed by atoms with Gasteiger partial charge in [0.05, 0.1) is 5.39 Å². The number of pyridine rings is 4. The molecule has 0 bridgehead atoms. The number of nitrogens with zero attached hydrogens (tertiary/aromatic N) is 6. The van der Waals surface area contributed by atoms with Crippen LogP contribution in [0.25, 0.3) is 56.0 Å². The summed E-state index contributed by atoms with van der Waals surface area (Å²) in [5.74, 6) is -0.0641. The minimum atomic E-state index is -0.453. The Morgan fingerprint density at radius 3 is 2.50 bits per heavy atom. The van der Waals surface area contributed by atoms with Gasteiger partial charge in [-0.25, -0.2) is 19.3 Å². The van der Waals surface area contributed by atoms with Gasteiger partial charge >= 0.3 is 0 Å². The van der Waals surface area contributed by atoms with Gasteiger partial charge in [-0.2, -0.15) is 5.10 Å². The van der Waals surface area contributed by atoms with Gasteiger partial charge in [-0.3, -0.25) is 15.1 Å². The first-order valence-corrected chi connectivity index (χ1v) is 12.7. The highest BCUT2D eigenvalue weighted by Gasteiger charge is 2.21. The molecule has 0 aliphatic carbocycles. The fourth-order valence-corrected chi connectivity index (χ4v) is 4.78. The predicted molar refractivity (Wildman–Crippen MR) is 150 cm³/mol. The molecule has 0 spiro atoms. The molecule has 0 unspecified atom stereocenters. The zero-order valence-electron chi connectivity index (χ0n) is 21.1. The second-order valence-corrected chi connectivity index (χ2v) is 9.34. The second-order valence-electron chi connectivity index (χ2n) is 9.34. The molecule has 0 atom stereocenters. The first-order chi connectivity index (χ1) is 19.7. The van der Waals surface area contributed by atoms with E-state index < -0.39 is 5.82 Å². The summed E-state index contributed by atoms with van der Waals surface area (Å²) in [6, 6.07) is 17.8. The largest absolute Gasteiger partial charge is 0.321 e. The van der Waals surface area contributed by atoms with Crippen LogP contribution in [0.15, 0.2) is 91.8 Å². The molecule has 0 aliphatic heterocycles. The van der Waals surface area contributed by atoms with E-state index in [4.69, 9.17) is 4.98 Å². The number of hydrogen-bond donors (Lipinski definition) is 3. The molecule has 7 aromatic rings. The summed E-state index contributed by atoms with van der Waals surface area (Å²) in [4.78, 5) is 25.4. The summed E-state index contributed by atoms with van der Waals surface area (Å²) in [6.07, 6.45) is 10.1. The third-order valence-corrected chi connectivity index (χ3v) is 6.71. The van der Waals surface area contributed by atoms with Gasteiger partial charge in [0, 0.05) is 72.5 Å². The third kappa shape index (κ3) is 4.36. The lowest BCUT2D eigenvalue weighted by atomic mass is 10.1. The van der Waals surface area contributed by atoms with Crippen molar-refractivity contribution in [1.29, 1.82) is 0 Å². The molecular formula is C30H22FN9. The van der Waals surface area contributed by atoms with Gasteiger partial charge in [0.25, 0.3) is 0 Å². The minimum absolute atomic E-state index is 0.243. The Hall–Kier alpha value is -5.35. The SMILES string of the molecule is Fc1c(-c2cncc(CNCc3ccccc3)c2)cnc2[nH]nc(-c3nc4c(-c5cccnc5)ccnc4[nH]3)c12. The maximum atomic E-state index is 16.1. The van der Waals surface area contributed by atoms with Crippen LogP contribution in [-0.2, 0) is 13.1 Å². The number of H-pyrrole nitrogens is 2. The molecule has 40 heavy (non-hydrogen) atoms. The van der Waals surface area contributed by atoms with Crippen LogP contribution in [0.2, 0.25) is 0 Å². The van der Waals surface area contributed by atoms with Crippen molar-refractivity contribution >= 4 is 22.2 Å². The van der Waals surface area contributed by atoms with Crippen molar-refractivity contribution in [3.8, 4) is 33.8 Å². The van der Waals surface area contributed by atoms with Crippen molar-refractivity contribution in [3.63, 3.8) is 0 Å². The van der Waals surface area contributed by atoms with E-state index in [1.165, 1.54) is 11.8 Å². The van der Waals surface area contributed by atoms with Crippen LogP contribution in [-0.4, -0.2) is 40.1 Å². The van der Waals surface area contributed by atoms with Gasteiger partial charge in [0.2, 0.25) is 0 Å².